The van der Waals surface area contributed by atoms with Gasteiger partial charge in [-0.15, -0.1) is 10.2 Å². The molecule has 0 unspecified atom stereocenters. The standard InChI is InChI=1S/C26H30N4O5/c1-18-7-5-6-8-21(18)35-17-25(31)30-13-11-29(12-14-30)24-10-9-20(27-28-24)19-15-22(32-2)26(34-4)23(16-19)33-3/h5-10,15-16H,11-14,17H2,1-4H3. The molecule has 2 heterocycles. The lowest BCUT2D eigenvalue weighted by molar-refractivity contribution is -0.133. The van der Waals surface area contributed by atoms with E-state index in [1.54, 1.807) is 21.3 Å². The molecule has 0 N–H and O–H groups in total. The van der Waals surface area contributed by atoms with E-state index in [2.05, 4.69) is 15.1 Å². The lowest BCUT2D eigenvalue weighted by Gasteiger charge is -2.35. The first-order valence-corrected chi connectivity index (χ1v) is 11.4. The van der Waals surface area contributed by atoms with Gasteiger partial charge in [-0.3, -0.25) is 4.79 Å². The number of rotatable bonds is 8. The van der Waals surface area contributed by atoms with Crippen LogP contribution < -0.4 is 23.8 Å². The van der Waals surface area contributed by atoms with E-state index < -0.39 is 0 Å². The number of aromatic nitrogens is 2. The summed E-state index contributed by atoms with van der Waals surface area (Å²) in [5.74, 6) is 3.13. The Labute approximate surface area is 205 Å². The number of amides is 1. The quantitative estimate of drug-likeness (QED) is 0.488. The molecule has 1 fully saturated rings. The first kappa shape index (κ1) is 24.1. The van der Waals surface area contributed by atoms with Crippen molar-refractivity contribution in [1.29, 1.82) is 0 Å². The van der Waals surface area contributed by atoms with Gasteiger partial charge in [0.1, 0.15) is 5.75 Å². The Balaban J connectivity index is 1.36. The van der Waals surface area contributed by atoms with Crippen LogP contribution in [0.3, 0.4) is 0 Å². The number of nitrogens with zero attached hydrogens (tertiary/aromatic N) is 4. The summed E-state index contributed by atoms with van der Waals surface area (Å²) in [6.45, 7) is 4.56. The third-order valence-electron chi connectivity index (χ3n) is 6.01. The molecule has 4 rings (SSSR count). The van der Waals surface area contributed by atoms with Crippen LogP contribution in [0.15, 0.2) is 48.5 Å². The van der Waals surface area contributed by atoms with Gasteiger partial charge in [-0.2, -0.15) is 0 Å². The van der Waals surface area contributed by atoms with Crippen molar-refractivity contribution in [2.45, 2.75) is 6.92 Å². The van der Waals surface area contributed by atoms with Crippen LogP contribution in [-0.4, -0.2) is 75.1 Å². The number of piperazine rings is 1. The van der Waals surface area contributed by atoms with Gasteiger partial charge in [-0.1, -0.05) is 18.2 Å². The number of methoxy groups -OCH3 is 3. The first-order chi connectivity index (χ1) is 17.0. The highest BCUT2D eigenvalue weighted by molar-refractivity contribution is 5.78. The predicted octanol–water partition coefficient (Wildman–Crippen LogP) is 3.21. The molecule has 3 aromatic rings. The van der Waals surface area contributed by atoms with E-state index in [0.717, 1.165) is 22.7 Å². The average Bonchev–Trinajstić information content (AvgIpc) is 2.91. The van der Waals surface area contributed by atoms with Gasteiger partial charge >= 0.3 is 0 Å². The Bertz CT molecular complexity index is 1140. The molecule has 0 bridgehead atoms. The Morgan fingerprint density at radius 2 is 1.54 bits per heavy atom. The summed E-state index contributed by atoms with van der Waals surface area (Å²) in [7, 11) is 4.73. The maximum absolute atomic E-state index is 12.6. The zero-order valence-electron chi connectivity index (χ0n) is 20.5. The molecule has 35 heavy (non-hydrogen) atoms. The Morgan fingerprint density at radius 3 is 2.11 bits per heavy atom. The van der Waals surface area contributed by atoms with Crippen molar-refractivity contribution in [1.82, 2.24) is 15.1 Å². The molecule has 184 valence electrons. The fourth-order valence-electron chi connectivity index (χ4n) is 4.01. The average molecular weight is 479 g/mol. The van der Waals surface area contributed by atoms with Crippen molar-refractivity contribution < 1.29 is 23.7 Å². The maximum atomic E-state index is 12.6. The fourth-order valence-corrected chi connectivity index (χ4v) is 4.01. The van der Waals surface area contributed by atoms with Gasteiger partial charge in [0.2, 0.25) is 5.75 Å². The smallest absolute Gasteiger partial charge is 0.260 e. The number of anilines is 1. The maximum Gasteiger partial charge on any atom is 0.260 e. The highest BCUT2D eigenvalue weighted by Gasteiger charge is 2.23. The monoisotopic (exact) mass is 478 g/mol. The lowest BCUT2D eigenvalue weighted by Crippen LogP contribution is -2.50. The molecule has 1 aliphatic heterocycles. The second-order valence-electron chi connectivity index (χ2n) is 8.11. The summed E-state index contributed by atoms with van der Waals surface area (Å²) in [6, 6.07) is 15.2. The molecule has 2 aromatic carbocycles. The van der Waals surface area contributed by atoms with Crippen LogP contribution in [0.2, 0.25) is 0 Å². The lowest BCUT2D eigenvalue weighted by atomic mass is 10.1. The zero-order chi connectivity index (χ0) is 24.8. The van der Waals surface area contributed by atoms with E-state index >= 15 is 0 Å². The van der Waals surface area contributed by atoms with Gasteiger partial charge in [0.25, 0.3) is 5.91 Å². The minimum absolute atomic E-state index is 0.0169. The Morgan fingerprint density at radius 1 is 0.857 bits per heavy atom. The molecule has 1 aliphatic rings. The van der Waals surface area contributed by atoms with E-state index in [1.165, 1.54) is 0 Å². The number of carbonyl (C=O) groups excluding carboxylic acids is 1. The van der Waals surface area contributed by atoms with E-state index in [9.17, 15) is 4.79 Å². The SMILES string of the molecule is COc1cc(-c2ccc(N3CCN(C(=O)COc4ccccc4C)CC3)nn2)cc(OC)c1OC. The summed E-state index contributed by atoms with van der Waals surface area (Å²) >= 11 is 0. The van der Waals surface area contributed by atoms with Crippen LogP contribution in [0, 0.1) is 6.92 Å². The number of benzene rings is 2. The molecular weight excluding hydrogens is 448 g/mol. The van der Waals surface area contributed by atoms with Crippen LogP contribution in [-0.2, 0) is 4.79 Å². The van der Waals surface area contributed by atoms with Gasteiger partial charge in [-0.25, -0.2) is 0 Å². The van der Waals surface area contributed by atoms with Gasteiger partial charge in [0, 0.05) is 31.7 Å². The summed E-state index contributed by atoms with van der Waals surface area (Å²) in [5, 5.41) is 8.83. The molecule has 1 amide bonds. The molecule has 0 atom stereocenters. The number of ether oxygens (including phenoxy) is 4. The van der Waals surface area contributed by atoms with E-state index in [-0.39, 0.29) is 12.5 Å². The number of aryl methyl sites for hydroxylation is 1. The number of carbonyl (C=O) groups is 1. The van der Waals surface area contributed by atoms with Crippen LogP contribution in [0.1, 0.15) is 5.56 Å². The third-order valence-corrected chi connectivity index (χ3v) is 6.01. The Kier molecular flexibility index (Phi) is 7.54. The Hall–Kier alpha value is -4.01. The molecule has 0 saturated carbocycles. The van der Waals surface area contributed by atoms with Crippen molar-refractivity contribution in [3.63, 3.8) is 0 Å². The van der Waals surface area contributed by atoms with Crippen molar-refractivity contribution in [2.75, 3.05) is 59.0 Å². The first-order valence-electron chi connectivity index (χ1n) is 11.4. The summed E-state index contributed by atoms with van der Waals surface area (Å²) < 4.78 is 22.0. The van der Waals surface area contributed by atoms with Gasteiger partial charge < -0.3 is 28.7 Å². The molecule has 9 nitrogen and oxygen atoms in total. The van der Waals surface area contributed by atoms with Crippen LogP contribution in [0.25, 0.3) is 11.3 Å². The third kappa shape index (κ3) is 5.40. The normalized spacial score (nSPS) is 13.4. The fraction of sp³-hybridized carbons (Fsp3) is 0.346. The van der Waals surface area contributed by atoms with Gasteiger partial charge in [-0.05, 0) is 42.8 Å². The number of para-hydroxylation sites is 1. The highest BCUT2D eigenvalue weighted by atomic mass is 16.5. The van der Waals surface area contributed by atoms with Crippen molar-refractivity contribution in [2.24, 2.45) is 0 Å². The van der Waals surface area contributed by atoms with Gasteiger partial charge in [0.15, 0.2) is 23.9 Å². The minimum Gasteiger partial charge on any atom is -0.493 e. The number of hydrogen-bond donors (Lipinski definition) is 0. The minimum atomic E-state index is -0.0169. The second kappa shape index (κ2) is 10.9. The molecule has 0 radical (unpaired) electrons. The summed E-state index contributed by atoms with van der Waals surface area (Å²) in [4.78, 5) is 16.6. The molecule has 0 aliphatic carbocycles. The molecule has 1 saturated heterocycles. The van der Waals surface area contributed by atoms with E-state index in [4.69, 9.17) is 18.9 Å². The summed E-state index contributed by atoms with van der Waals surface area (Å²) in [6.07, 6.45) is 0. The highest BCUT2D eigenvalue weighted by Crippen LogP contribution is 2.40. The molecule has 0 spiro atoms. The molecule has 1 aromatic heterocycles. The van der Waals surface area contributed by atoms with Crippen LogP contribution in [0.5, 0.6) is 23.0 Å². The predicted molar refractivity (Wildman–Crippen MR) is 133 cm³/mol. The van der Waals surface area contributed by atoms with Crippen LogP contribution in [0.4, 0.5) is 5.82 Å². The topological polar surface area (TPSA) is 86.3 Å². The molecule has 9 heteroatoms. The van der Waals surface area contributed by atoms with Crippen molar-refractivity contribution >= 4 is 11.7 Å². The van der Waals surface area contributed by atoms with E-state index in [0.29, 0.717) is 49.1 Å². The van der Waals surface area contributed by atoms with E-state index in [1.807, 2.05) is 60.4 Å². The molecular formula is C26H30N4O5. The zero-order valence-corrected chi connectivity index (χ0v) is 20.5. The summed E-state index contributed by atoms with van der Waals surface area (Å²) in [5.41, 5.74) is 2.51. The van der Waals surface area contributed by atoms with Gasteiger partial charge in [0.05, 0.1) is 27.0 Å². The largest absolute Gasteiger partial charge is 0.493 e. The van der Waals surface area contributed by atoms with Crippen molar-refractivity contribution in [3.8, 4) is 34.3 Å². The van der Waals surface area contributed by atoms with Crippen molar-refractivity contribution in [3.05, 3.63) is 54.1 Å². The second-order valence-corrected chi connectivity index (χ2v) is 8.11. The number of hydrogen-bond acceptors (Lipinski definition) is 8. The van der Waals surface area contributed by atoms with Crippen LogP contribution >= 0.6 is 0 Å².